The van der Waals surface area contributed by atoms with E-state index in [9.17, 15) is 14.7 Å². The van der Waals surface area contributed by atoms with Crippen molar-refractivity contribution in [1.82, 2.24) is 0 Å². The normalized spacial score (nSPS) is 44.7. The van der Waals surface area contributed by atoms with Gasteiger partial charge in [0.2, 0.25) is 0 Å². The standard InChI is InChI=1S/C22H30O6/c1-13-16(27-14(2)23)17-18-20(3,19(24)28-17)8-5-9-21(18,4)22(13,25)10-6-15-7-11-26-12-15/h7,11-13,16-18,25H,5-6,8-10H2,1-4H3/t13-,16+,17-,18+,20+,21+,22+/m1/s1. The Morgan fingerprint density at radius 3 is 2.75 bits per heavy atom. The Balaban J connectivity index is 1.78. The van der Waals surface area contributed by atoms with Crippen molar-refractivity contribution in [3.63, 3.8) is 0 Å². The second-order valence-electron chi connectivity index (χ2n) is 9.45. The van der Waals surface area contributed by atoms with E-state index in [1.165, 1.54) is 6.92 Å². The fourth-order valence-corrected chi connectivity index (χ4v) is 6.58. The van der Waals surface area contributed by atoms with Gasteiger partial charge in [0.25, 0.3) is 0 Å². The predicted octanol–water partition coefficient (Wildman–Crippen LogP) is 3.26. The minimum absolute atomic E-state index is 0.184. The first-order valence-corrected chi connectivity index (χ1v) is 10.3. The number of esters is 2. The van der Waals surface area contributed by atoms with Crippen LogP contribution in [0.3, 0.4) is 0 Å². The summed E-state index contributed by atoms with van der Waals surface area (Å²) in [6.07, 6.45) is 5.76. The average molecular weight is 390 g/mol. The van der Waals surface area contributed by atoms with E-state index in [-0.39, 0.29) is 17.8 Å². The van der Waals surface area contributed by atoms with E-state index in [0.29, 0.717) is 12.8 Å². The third kappa shape index (κ3) is 2.49. The molecule has 4 rings (SSSR count). The summed E-state index contributed by atoms with van der Waals surface area (Å²) in [5, 5.41) is 12.2. The maximum Gasteiger partial charge on any atom is 0.312 e. The maximum absolute atomic E-state index is 12.9. The third-order valence-corrected chi connectivity index (χ3v) is 8.04. The van der Waals surface area contributed by atoms with Crippen LogP contribution >= 0.6 is 0 Å². The van der Waals surface area contributed by atoms with Crippen LogP contribution in [-0.2, 0) is 25.5 Å². The van der Waals surface area contributed by atoms with Gasteiger partial charge in [0, 0.05) is 24.2 Å². The SMILES string of the molecule is CC(=O)O[C@@H]1[C@H]2OC(=O)[C@@]3(C)CCC[C@@](C)([C@@H]23)[C@](O)(CCc2ccoc2)[C@@H]1C. The molecular formula is C22H30O6. The van der Waals surface area contributed by atoms with Crippen LogP contribution in [0.1, 0.15) is 58.9 Å². The van der Waals surface area contributed by atoms with Crippen LogP contribution in [-0.4, -0.2) is 34.9 Å². The van der Waals surface area contributed by atoms with E-state index in [2.05, 4.69) is 6.92 Å². The molecule has 0 unspecified atom stereocenters. The fourth-order valence-electron chi connectivity index (χ4n) is 6.58. The minimum atomic E-state index is -1.10. The van der Waals surface area contributed by atoms with Crippen molar-refractivity contribution in [1.29, 1.82) is 0 Å². The number of furan rings is 1. The number of ether oxygens (including phenoxy) is 2. The molecule has 0 spiro atoms. The molecule has 7 atom stereocenters. The van der Waals surface area contributed by atoms with E-state index in [0.717, 1.165) is 24.8 Å². The van der Waals surface area contributed by atoms with Gasteiger partial charge >= 0.3 is 11.9 Å². The zero-order valence-corrected chi connectivity index (χ0v) is 17.1. The summed E-state index contributed by atoms with van der Waals surface area (Å²) in [4.78, 5) is 24.7. The average Bonchev–Trinajstić information content (AvgIpc) is 3.23. The van der Waals surface area contributed by atoms with Gasteiger partial charge in [-0.25, -0.2) is 0 Å². The summed E-state index contributed by atoms with van der Waals surface area (Å²) in [6, 6.07) is 1.90. The van der Waals surface area contributed by atoms with Gasteiger partial charge in [0.05, 0.1) is 23.5 Å². The molecule has 6 heteroatoms. The number of hydrogen-bond acceptors (Lipinski definition) is 6. The third-order valence-electron chi connectivity index (χ3n) is 8.04. The van der Waals surface area contributed by atoms with Crippen LogP contribution in [0.4, 0.5) is 0 Å². The molecule has 28 heavy (non-hydrogen) atoms. The van der Waals surface area contributed by atoms with Gasteiger partial charge in [-0.3, -0.25) is 9.59 Å². The zero-order valence-electron chi connectivity index (χ0n) is 17.1. The molecule has 1 aromatic rings. The van der Waals surface area contributed by atoms with Crippen molar-refractivity contribution in [2.75, 3.05) is 0 Å². The molecule has 1 saturated heterocycles. The zero-order chi connectivity index (χ0) is 20.3. The van der Waals surface area contributed by atoms with Crippen molar-refractivity contribution in [3.05, 3.63) is 24.2 Å². The van der Waals surface area contributed by atoms with Gasteiger partial charge in [-0.15, -0.1) is 0 Å². The fraction of sp³-hybridized carbons (Fsp3) is 0.727. The highest BCUT2D eigenvalue weighted by atomic mass is 16.6. The monoisotopic (exact) mass is 390 g/mol. The van der Waals surface area contributed by atoms with Gasteiger partial charge in [0.1, 0.15) is 12.2 Å². The molecular weight excluding hydrogens is 360 g/mol. The summed E-state index contributed by atoms with van der Waals surface area (Å²) in [5.74, 6) is -1.19. The molecule has 0 bridgehead atoms. The Labute approximate surface area is 165 Å². The van der Waals surface area contributed by atoms with Crippen LogP contribution in [0.25, 0.3) is 0 Å². The van der Waals surface area contributed by atoms with E-state index in [1.807, 2.05) is 19.9 Å². The number of aliphatic hydroxyl groups is 1. The smallest absolute Gasteiger partial charge is 0.312 e. The lowest BCUT2D eigenvalue weighted by molar-refractivity contribution is -0.257. The van der Waals surface area contributed by atoms with Gasteiger partial charge in [-0.1, -0.05) is 20.3 Å². The van der Waals surface area contributed by atoms with Gasteiger partial charge in [-0.05, 0) is 44.2 Å². The quantitative estimate of drug-likeness (QED) is 0.794. The van der Waals surface area contributed by atoms with Crippen molar-refractivity contribution >= 4 is 11.9 Å². The number of aryl methyl sites for hydroxylation is 1. The van der Waals surface area contributed by atoms with Gasteiger partial charge in [-0.2, -0.15) is 0 Å². The Hall–Kier alpha value is -1.82. The largest absolute Gasteiger partial charge is 0.472 e. The van der Waals surface area contributed by atoms with E-state index < -0.39 is 34.6 Å². The highest BCUT2D eigenvalue weighted by Gasteiger charge is 2.74. The Bertz CT molecular complexity index is 772. The molecule has 2 saturated carbocycles. The summed E-state index contributed by atoms with van der Waals surface area (Å²) in [5.41, 5.74) is -1.23. The highest BCUT2D eigenvalue weighted by Crippen LogP contribution is 2.67. The molecule has 154 valence electrons. The first kappa shape index (κ1) is 19.5. The van der Waals surface area contributed by atoms with Crippen molar-refractivity contribution in [2.24, 2.45) is 22.7 Å². The second-order valence-corrected chi connectivity index (χ2v) is 9.45. The van der Waals surface area contributed by atoms with E-state index in [1.54, 1.807) is 12.5 Å². The topological polar surface area (TPSA) is 86.0 Å². The highest BCUT2D eigenvalue weighted by molar-refractivity contribution is 5.80. The predicted molar refractivity (Wildman–Crippen MR) is 100 cm³/mol. The van der Waals surface area contributed by atoms with Crippen LogP contribution in [0.2, 0.25) is 0 Å². The van der Waals surface area contributed by atoms with Crippen LogP contribution in [0.5, 0.6) is 0 Å². The van der Waals surface area contributed by atoms with Crippen molar-refractivity contribution in [3.8, 4) is 0 Å². The lowest BCUT2D eigenvalue weighted by Crippen LogP contribution is -2.70. The lowest BCUT2D eigenvalue weighted by Gasteiger charge is -2.62. The Morgan fingerprint density at radius 1 is 1.36 bits per heavy atom. The first-order valence-electron chi connectivity index (χ1n) is 10.3. The van der Waals surface area contributed by atoms with Crippen molar-refractivity contribution < 1.29 is 28.6 Å². The van der Waals surface area contributed by atoms with Crippen molar-refractivity contribution in [2.45, 2.75) is 77.6 Å². The summed E-state index contributed by atoms with van der Waals surface area (Å²) < 4.78 is 16.7. The molecule has 0 aromatic carbocycles. The summed E-state index contributed by atoms with van der Waals surface area (Å²) in [6.45, 7) is 7.33. The number of hydrogen-bond donors (Lipinski definition) is 1. The second kappa shape index (κ2) is 6.34. The summed E-state index contributed by atoms with van der Waals surface area (Å²) >= 11 is 0. The Kier molecular flexibility index (Phi) is 4.42. The molecule has 0 radical (unpaired) electrons. The van der Waals surface area contributed by atoms with Crippen LogP contribution < -0.4 is 0 Å². The van der Waals surface area contributed by atoms with Gasteiger partial charge in [0.15, 0.2) is 0 Å². The molecule has 6 nitrogen and oxygen atoms in total. The molecule has 2 aliphatic carbocycles. The summed E-state index contributed by atoms with van der Waals surface area (Å²) in [7, 11) is 0. The minimum Gasteiger partial charge on any atom is -0.472 e. The van der Waals surface area contributed by atoms with Crippen LogP contribution in [0.15, 0.2) is 23.0 Å². The number of rotatable bonds is 4. The lowest BCUT2D eigenvalue weighted by atomic mass is 9.43. The molecule has 3 aliphatic rings. The first-order chi connectivity index (χ1) is 13.1. The maximum atomic E-state index is 12.9. The Morgan fingerprint density at radius 2 is 2.11 bits per heavy atom. The molecule has 0 amide bonds. The molecule has 1 N–H and O–H groups in total. The van der Waals surface area contributed by atoms with E-state index in [4.69, 9.17) is 13.9 Å². The molecule has 3 fully saturated rings. The molecule has 1 aromatic heterocycles. The van der Waals surface area contributed by atoms with Gasteiger partial charge < -0.3 is 19.0 Å². The van der Waals surface area contributed by atoms with Crippen LogP contribution in [0, 0.1) is 22.7 Å². The number of carbonyl (C=O) groups excluding carboxylic acids is 2. The van der Waals surface area contributed by atoms with E-state index >= 15 is 0 Å². The number of carbonyl (C=O) groups is 2. The molecule has 2 heterocycles. The molecule has 1 aliphatic heterocycles.